The van der Waals surface area contributed by atoms with Crippen molar-refractivity contribution >= 4 is 38.9 Å². The standard InChI is InChI=1S/C51H38N2/c1-51(2)45-29-14-12-24-40(45)43-27-16-28-44(50(43)51)49-39(35-18-6-3-7-19-35)26-17-31-47(49)52(36-20-8-4-9-21-36)38-32-33-42-41-25-13-15-30-46(41)53(48(42)34-38)37-22-10-5-11-23-37/h3-34H,1-2H3. The highest BCUT2D eigenvalue weighted by molar-refractivity contribution is 6.11. The lowest BCUT2D eigenvalue weighted by Crippen LogP contribution is -2.17. The molecular weight excluding hydrogens is 641 g/mol. The molecule has 0 amide bonds. The first-order valence-corrected chi connectivity index (χ1v) is 18.5. The molecule has 0 atom stereocenters. The van der Waals surface area contributed by atoms with Crippen LogP contribution in [0.15, 0.2) is 194 Å². The van der Waals surface area contributed by atoms with Gasteiger partial charge < -0.3 is 9.47 Å². The first-order chi connectivity index (χ1) is 26.1. The van der Waals surface area contributed by atoms with Gasteiger partial charge in [0.25, 0.3) is 0 Å². The van der Waals surface area contributed by atoms with Crippen LogP contribution in [0.1, 0.15) is 25.0 Å². The lowest BCUT2D eigenvalue weighted by atomic mass is 9.77. The van der Waals surface area contributed by atoms with Crippen LogP contribution >= 0.6 is 0 Å². The van der Waals surface area contributed by atoms with E-state index in [9.17, 15) is 0 Å². The number of aromatic nitrogens is 1. The van der Waals surface area contributed by atoms with Crippen molar-refractivity contribution in [1.82, 2.24) is 4.57 Å². The summed E-state index contributed by atoms with van der Waals surface area (Å²) < 4.78 is 2.41. The fourth-order valence-corrected chi connectivity index (χ4v) is 8.88. The van der Waals surface area contributed by atoms with Crippen molar-refractivity contribution in [1.29, 1.82) is 0 Å². The summed E-state index contributed by atoms with van der Waals surface area (Å²) >= 11 is 0. The highest BCUT2D eigenvalue weighted by Crippen LogP contribution is 2.55. The first kappa shape index (κ1) is 31.1. The van der Waals surface area contributed by atoms with Gasteiger partial charge in [0.2, 0.25) is 0 Å². The van der Waals surface area contributed by atoms with E-state index in [0.717, 1.165) is 22.7 Å². The highest BCUT2D eigenvalue weighted by atomic mass is 15.1. The number of hydrogen-bond donors (Lipinski definition) is 0. The number of hydrogen-bond acceptors (Lipinski definition) is 1. The van der Waals surface area contributed by atoms with Crippen LogP contribution in [0.5, 0.6) is 0 Å². The van der Waals surface area contributed by atoms with Gasteiger partial charge in [0, 0.05) is 38.8 Å². The van der Waals surface area contributed by atoms with Crippen molar-refractivity contribution in [2.45, 2.75) is 19.3 Å². The molecule has 8 aromatic carbocycles. The summed E-state index contributed by atoms with van der Waals surface area (Å²) in [6, 6.07) is 70.8. The van der Waals surface area contributed by atoms with E-state index in [4.69, 9.17) is 0 Å². The van der Waals surface area contributed by atoms with Gasteiger partial charge in [-0.2, -0.15) is 0 Å². The maximum absolute atomic E-state index is 2.46. The molecule has 0 fully saturated rings. The predicted octanol–water partition coefficient (Wildman–Crippen LogP) is 13.9. The van der Waals surface area contributed by atoms with E-state index in [2.05, 4.69) is 217 Å². The van der Waals surface area contributed by atoms with Gasteiger partial charge in [-0.3, -0.25) is 0 Å². The van der Waals surface area contributed by atoms with Gasteiger partial charge in [-0.1, -0.05) is 159 Å². The normalized spacial score (nSPS) is 12.9. The second-order valence-corrected chi connectivity index (χ2v) is 14.5. The minimum atomic E-state index is -0.184. The van der Waals surface area contributed by atoms with Crippen LogP contribution in [0.4, 0.5) is 17.1 Å². The number of fused-ring (bicyclic) bond motifs is 6. The first-order valence-electron chi connectivity index (χ1n) is 18.5. The smallest absolute Gasteiger partial charge is 0.0561 e. The topological polar surface area (TPSA) is 8.17 Å². The van der Waals surface area contributed by atoms with Crippen LogP contribution in [0.3, 0.4) is 0 Å². The van der Waals surface area contributed by atoms with Crippen LogP contribution in [0, 0.1) is 0 Å². The van der Waals surface area contributed by atoms with Crippen LogP contribution in [0.25, 0.3) is 60.9 Å². The molecule has 0 radical (unpaired) electrons. The summed E-state index contributed by atoms with van der Waals surface area (Å²) in [5, 5.41) is 2.48. The zero-order chi connectivity index (χ0) is 35.5. The molecule has 0 bridgehead atoms. The zero-order valence-corrected chi connectivity index (χ0v) is 29.9. The number of anilines is 3. The maximum atomic E-state index is 2.46. The zero-order valence-electron chi connectivity index (χ0n) is 29.9. The monoisotopic (exact) mass is 678 g/mol. The molecule has 1 aromatic heterocycles. The summed E-state index contributed by atoms with van der Waals surface area (Å²) in [7, 11) is 0. The van der Waals surface area contributed by atoms with Crippen LogP contribution in [0.2, 0.25) is 0 Å². The van der Waals surface area contributed by atoms with Crippen LogP contribution < -0.4 is 4.90 Å². The van der Waals surface area contributed by atoms with Crippen molar-refractivity contribution in [2.24, 2.45) is 0 Å². The van der Waals surface area contributed by atoms with Crippen LogP contribution in [-0.4, -0.2) is 4.57 Å². The quantitative estimate of drug-likeness (QED) is 0.170. The van der Waals surface area contributed by atoms with Gasteiger partial charge in [-0.15, -0.1) is 0 Å². The number of benzene rings is 8. The van der Waals surface area contributed by atoms with Gasteiger partial charge in [0.15, 0.2) is 0 Å². The van der Waals surface area contributed by atoms with Gasteiger partial charge in [0.05, 0.1) is 16.7 Å². The molecule has 0 saturated carbocycles. The Bertz CT molecular complexity index is 2790. The molecule has 0 saturated heterocycles. The summed E-state index contributed by atoms with van der Waals surface area (Å²) in [6.45, 7) is 4.77. The molecule has 1 heterocycles. The molecule has 0 aliphatic heterocycles. The van der Waals surface area contributed by atoms with Gasteiger partial charge >= 0.3 is 0 Å². The third kappa shape index (κ3) is 4.87. The van der Waals surface area contributed by atoms with E-state index >= 15 is 0 Å². The molecule has 252 valence electrons. The summed E-state index contributed by atoms with van der Waals surface area (Å²) in [5.74, 6) is 0. The molecule has 0 unspecified atom stereocenters. The van der Waals surface area contributed by atoms with Gasteiger partial charge in [-0.25, -0.2) is 0 Å². The Morgan fingerprint density at radius 3 is 1.85 bits per heavy atom. The second kappa shape index (κ2) is 12.3. The average molecular weight is 679 g/mol. The Morgan fingerprint density at radius 1 is 0.434 bits per heavy atom. The number of para-hydroxylation sites is 3. The fraction of sp³-hybridized carbons (Fsp3) is 0.0588. The Balaban J connectivity index is 1.29. The van der Waals surface area contributed by atoms with Crippen molar-refractivity contribution in [3.63, 3.8) is 0 Å². The van der Waals surface area contributed by atoms with E-state index in [0.29, 0.717) is 0 Å². The number of rotatable bonds is 6. The second-order valence-electron chi connectivity index (χ2n) is 14.5. The van der Waals surface area contributed by atoms with E-state index in [1.807, 2.05) is 0 Å². The third-order valence-electron chi connectivity index (χ3n) is 11.2. The summed E-state index contributed by atoms with van der Waals surface area (Å²) in [5.41, 5.74) is 17.0. The molecule has 9 aromatic rings. The molecular formula is C51H38N2. The molecule has 0 spiro atoms. The van der Waals surface area contributed by atoms with Gasteiger partial charge in [0.1, 0.15) is 0 Å². The average Bonchev–Trinajstić information content (AvgIpc) is 3.67. The van der Waals surface area contributed by atoms with Gasteiger partial charge in [-0.05, 0) is 87.5 Å². The third-order valence-corrected chi connectivity index (χ3v) is 11.2. The molecule has 0 N–H and O–H groups in total. The Hall–Kier alpha value is -6.64. The Kier molecular flexibility index (Phi) is 7.19. The van der Waals surface area contributed by atoms with Crippen LogP contribution in [-0.2, 0) is 5.41 Å². The summed E-state index contributed by atoms with van der Waals surface area (Å²) in [4.78, 5) is 2.46. The molecule has 2 nitrogen and oxygen atoms in total. The van der Waals surface area contributed by atoms with E-state index in [1.54, 1.807) is 0 Å². The largest absolute Gasteiger partial charge is 0.310 e. The Morgan fingerprint density at radius 2 is 1.04 bits per heavy atom. The molecule has 10 rings (SSSR count). The van der Waals surface area contributed by atoms with Crippen molar-refractivity contribution < 1.29 is 0 Å². The Labute approximate surface area is 310 Å². The van der Waals surface area contributed by atoms with Crippen molar-refractivity contribution in [2.75, 3.05) is 4.90 Å². The molecule has 2 heteroatoms. The van der Waals surface area contributed by atoms with Crippen molar-refractivity contribution in [3.05, 3.63) is 205 Å². The maximum Gasteiger partial charge on any atom is 0.0561 e. The van der Waals surface area contributed by atoms with Crippen molar-refractivity contribution in [3.8, 4) is 39.1 Å². The van der Waals surface area contributed by atoms with E-state index < -0.39 is 0 Å². The lowest BCUT2D eigenvalue weighted by Gasteiger charge is -2.31. The predicted molar refractivity (Wildman–Crippen MR) is 224 cm³/mol. The number of nitrogens with zero attached hydrogens (tertiary/aromatic N) is 2. The SMILES string of the molecule is CC1(C)c2ccccc2-c2cccc(-c3c(-c4ccccc4)cccc3N(c3ccccc3)c3ccc4c5ccccc5n(-c5ccccc5)c4c3)c21. The summed E-state index contributed by atoms with van der Waals surface area (Å²) in [6.07, 6.45) is 0. The molecule has 1 aliphatic rings. The lowest BCUT2D eigenvalue weighted by molar-refractivity contribution is 0.662. The van der Waals surface area contributed by atoms with E-state index in [-0.39, 0.29) is 5.41 Å². The fourth-order valence-electron chi connectivity index (χ4n) is 8.88. The minimum Gasteiger partial charge on any atom is -0.310 e. The molecule has 1 aliphatic carbocycles. The highest BCUT2D eigenvalue weighted by Gasteiger charge is 2.38. The minimum absolute atomic E-state index is 0.184. The van der Waals surface area contributed by atoms with E-state index in [1.165, 1.54) is 66.3 Å². The molecule has 53 heavy (non-hydrogen) atoms.